The lowest BCUT2D eigenvalue weighted by Crippen LogP contribution is -2.33. The number of hydrogen-bond acceptors (Lipinski definition) is 2. The summed E-state index contributed by atoms with van der Waals surface area (Å²) in [5, 5.41) is 9.92. The lowest BCUT2D eigenvalue weighted by Gasteiger charge is -2.36. The normalized spacial score (nSPS) is 35.7. The SMILES string of the molecule is O=C(O)CN1CCC2(CCC(CBr)CC2)C1. The van der Waals surface area contributed by atoms with Crippen molar-refractivity contribution in [1.29, 1.82) is 0 Å². The Hall–Kier alpha value is -0.0900. The lowest BCUT2D eigenvalue weighted by atomic mass is 9.70. The fourth-order valence-corrected chi connectivity index (χ4v) is 3.85. The first-order valence-corrected chi connectivity index (χ1v) is 7.26. The van der Waals surface area contributed by atoms with Gasteiger partial charge in [-0.3, -0.25) is 9.69 Å². The van der Waals surface area contributed by atoms with Crippen molar-refractivity contribution in [3.8, 4) is 0 Å². The fraction of sp³-hybridized carbons (Fsp3) is 0.917. The third kappa shape index (κ3) is 2.77. The second-order valence-corrected chi connectivity index (χ2v) is 6.10. The van der Waals surface area contributed by atoms with E-state index in [-0.39, 0.29) is 6.54 Å². The minimum absolute atomic E-state index is 0.226. The second-order valence-electron chi connectivity index (χ2n) is 5.45. The third-order valence-electron chi connectivity index (χ3n) is 4.26. The van der Waals surface area contributed by atoms with Crippen LogP contribution in [0.15, 0.2) is 0 Å². The Balaban J connectivity index is 1.85. The summed E-state index contributed by atoms with van der Waals surface area (Å²) >= 11 is 3.56. The van der Waals surface area contributed by atoms with Crippen LogP contribution in [0.2, 0.25) is 0 Å². The number of halogens is 1. The highest BCUT2D eigenvalue weighted by Gasteiger charge is 2.40. The van der Waals surface area contributed by atoms with Crippen molar-refractivity contribution in [2.24, 2.45) is 11.3 Å². The molecular formula is C12H20BrNO2. The summed E-state index contributed by atoms with van der Waals surface area (Å²) in [6.45, 7) is 2.21. The van der Waals surface area contributed by atoms with Crippen LogP contribution in [0.4, 0.5) is 0 Å². The van der Waals surface area contributed by atoms with E-state index in [4.69, 9.17) is 5.11 Å². The molecule has 1 aliphatic carbocycles. The van der Waals surface area contributed by atoms with E-state index in [0.29, 0.717) is 5.41 Å². The molecule has 0 atom stereocenters. The monoisotopic (exact) mass is 289 g/mol. The number of hydrogen-bond donors (Lipinski definition) is 1. The van der Waals surface area contributed by atoms with E-state index in [9.17, 15) is 4.79 Å². The van der Waals surface area contributed by atoms with Crippen molar-refractivity contribution in [2.45, 2.75) is 32.1 Å². The number of carboxylic acids is 1. The Morgan fingerprint density at radius 2 is 2.06 bits per heavy atom. The van der Waals surface area contributed by atoms with Crippen LogP contribution in [0.25, 0.3) is 0 Å². The van der Waals surface area contributed by atoms with Crippen LogP contribution in [0.1, 0.15) is 32.1 Å². The van der Waals surface area contributed by atoms with Gasteiger partial charge in [-0.15, -0.1) is 0 Å². The molecule has 2 fully saturated rings. The minimum atomic E-state index is -0.689. The molecule has 1 heterocycles. The topological polar surface area (TPSA) is 40.5 Å². The Morgan fingerprint density at radius 1 is 1.38 bits per heavy atom. The van der Waals surface area contributed by atoms with Gasteiger partial charge in [-0.25, -0.2) is 0 Å². The highest BCUT2D eigenvalue weighted by atomic mass is 79.9. The van der Waals surface area contributed by atoms with Crippen molar-refractivity contribution < 1.29 is 9.90 Å². The van der Waals surface area contributed by atoms with E-state index in [1.54, 1.807) is 0 Å². The van der Waals surface area contributed by atoms with E-state index in [1.807, 2.05) is 0 Å². The zero-order valence-electron chi connectivity index (χ0n) is 9.62. The summed E-state index contributed by atoms with van der Waals surface area (Å²) in [5.41, 5.74) is 0.452. The average molecular weight is 290 g/mol. The van der Waals surface area contributed by atoms with Gasteiger partial charge in [0.1, 0.15) is 0 Å². The highest BCUT2D eigenvalue weighted by Crippen LogP contribution is 2.45. The Labute approximate surface area is 105 Å². The maximum Gasteiger partial charge on any atom is 0.317 e. The molecule has 0 aromatic rings. The van der Waals surface area contributed by atoms with Crippen LogP contribution in [-0.4, -0.2) is 40.9 Å². The maximum atomic E-state index is 10.7. The molecule has 1 N–H and O–H groups in total. The number of rotatable bonds is 3. The molecule has 1 saturated heterocycles. The van der Waals surface area contributed by atoms with Crippen LogP contribution in [0, 0.1) is 11.3 Å². The fourth-order valence-electron chi connectivity index (χ4n) is 3.21. The average Bonchev–Trinajstić information content (AvgIpc) is 2.62. The number of aliphatic carboxylic acids is 1. The molecule has 0 radical (unpaired) electrons. The predicted octanol–water partition coefficient (Wildman–Crippen LogP) is 2.35. The van der Waals surface area contributed by atoms with Crippen molar-refractivity contribution in [3.63, 3.8) is 0 Å². The minimum Gasteiger partial charge on any atom is -0.480 e. The first-order valence-electron chi connectivity index (χ1n) is 6.14. The predicted molar refractivity (Wildman–Crippen MR) is 66.9 cm³/mol. The number of carboxylic acid groups (broad SMARTS) is 1. The van der Waals surface area contributed by atoms with Crippen LogP contribution >= 0.6 is 15.9 Å². The molecule has 1 spiro atoms. The lowest BCUT2D eigenvalue weighted by molar-refractivity contribution is -0.138. The molecule has 1 aliphatic heterocycles. The Bertz CT molecular complexity index is 262. The number of alkyl halides is 1. The molecule has 0 bridgehead atoms. The van der Waals surface area contributed by atoms with Gasteiger partial charge in [-0.05, 0) is 50.0 Å². The van der Waals surface area contributed by atoms with Crippen molar-refractivity contribution in [2.75, 3.05) is 25.0 Å². The molecule has 4 heteroatoms. The van der Waals surface area contributed by atoms with Gasteiger partial charge < -0.3 is 5.11 Å². The first kappa shape index (κ1) is 12.4. The molecule has 0 unspecified atom stereocenters. The molecule has 0 aromatic heterocycles. The summed E-state index contributed by atoms with van der Waals surface area (Å²) in [6, 6.07) is 0. The summed E-state index contributed by atoms with van der Waals surface area (Å²) in [5.74, 6) is 0.158. The molecular weight excluding hydrogens is 270 g/mol. The van der Waals surface area contributed by atoms with Crippen molar-refractivity contribution in [1.82, 2.24) is 4.90 Å². The largest absolute Gasteiger partial charge is 0.480 e. The van der Waals surface area contributed by atoms with Crippen LogP contribution in [0.5, 0.6) is 0 Å². The van der Waals surface area contributed by atoms with Gasteiger partial charge in [-0.1, -0.05) is 15.9 Å². The molecule has 0 aromatic carbocycles. The molecule has 0 amide bonds. The zero-order chi connectivity index (χ0) is 11.6. The molecule has 2 aliphatic rings. The smallest absolute Gasteiger partial charge is 0.317 e. The number of carbonyl (C=O) groups is 1. The van der Waals surface area contributed by atoms with E-state index in [2.05, 4.69) is 20.8 Å². The molecule has 3 nitrogen and oxygen atoms in total. The maximum absolute atomic E-state index is 10.7. The van der Waals surface area contributed by atoms with Gasteiger partial charge in [0.15, 0.2) is 0 Å². The summed E-state index contributed by atoms with van der Waals surface area (Å²) < 4.78 is 0. The van der Waals surface area contributed by atoms with Gasteiger partial charge in [-0.2, -0.15) is 0 Å². The van der Waals surface area contributed by atoms with Crippen molar-refractivity contribution >= 4 is 21.9 Å². The second kappa shape index (κ2) is 5.05. The zero-order valence-corrected chi connectivity index (χ0v) is 11.2. The first-order chi connectivity index (χ1) is 7.63. The van der Waals surface area contributed by atoms with Gasteiger partial charge in [0.25, 0.3) is 0 Å². The van der Waals surface area contributed by atoms with Crippen LogP contribution in [-0.2, 0) is 4.79 Å². The summed E-state index contributed by atoms with van der Waals surface area (Å²) in [7, 11) is 0. The third-order valence-corrected chi connectivity index (χ3v) is 5.18. The molecule has 16 heavy (non-hydrogen) atoms. The van der Waals surface area contributed by atoms with Gasteiger partial charge >= 0.3 is 5.97 Å². The summed E-state index contributed by atoms with van der Waals surface area (Å²) in [6.07, 6.45) is 6.41. The molecule has 1 saturated carbocycles. The van der Waals surface area contributed by atoms with Gasteiger partial charge in [0.05, 0.1) is 6.54 Å². The highest BCUT2D eigenvalue weighted by molar-refractivity contribution is 9.09. The molecule has 92 valence electrons. The van der Waals surface area contributed by atoms with E-state index in [0.717, 1.165) is 24.3 Å². The Kier molecular flexibility index (Phi) is 3.90. The standard InChI is InChI=1S/C12H20BrNO2/c13-7-10-1-3-12(4-2-10)5-6-14(9-12)8-11(15)16/h10H,1-9H2,(H,15,16). The van der Waals surface area contributed by atoms with Crippen molar-refractivity contribution in [3.05, 3.63) is 0 Å². The number of nitrogens with zero attached hydrogens (tertiary/aromatic N) is 1. The quantitative estimate of drug-likeness (QED) is 0.811. The van der Waals surface area contributed by atoms with Crippen LogP contribution < -0.4 is 0 Å². The van der Waals surface area contributed by atoms with E-state index in [1.165, 1.54) is 32.1 Å². The van der Waals surface area contributed by atoms with E-state index >= 15 is 0 Å². The van der Waals surface area contributed by atoms with Crippen LogP contribution in [0.3, 0.4) is 0 Å². The molecule has 2 rings (SSSR count). The van der Waals surface area contributed by atoms with Gasteiger partial charge in [0.2, 0.25) is 0 Å². The Morgan fingerprint density at radius 3 is 2.62 bits per heavy atom. The van der Waals surface area contributed by atoms with E-state index < -0.39 is 5.97 Å². The number of likely N-dealkylation sites (tertiary alicyclic amines) is 1. The van der Waals surface area contributed by atoms with Gasteiger partial charge in [0, 0.05) is 11.9 Å². The summed E-state index contributed by atoms with van der Waals surface area (Å²) in [4.78, 5) is 12.8.